The Morgan fingerprint density at radius 1 is 1.28 bits per heavy atom. The molecule has 1 amide bonds. The lowest BCUT2D eigenvalue weighted by molar-refractivity contribution is -0.119. The fourth-order valence-electron chi connectivity index (χ4n) is 2.83. The minimum atomic E-state index is -0.238. The third-order valence-corrected chi connectivity index (χ3v) is 5.37. The highest BCUT2D eigenvalue weighted by Gasteiger charge is 2.44. The van der Waals surface area contributed by atoms with Crippen LogP contribution in [0.25, 0.3) is 0 Å². The first-order chi connectivity index (χ1) is 8.75. The molecule has 0 atom stereocenters. The molecule has 1 aromatic carbocycles. The number of ether oxygens (including phenoxy) is 1. The molecule has 3 rings (SSSR count). The van der Waals surface area contributed by atoms with Gasteiger partial charge in [0.1, 0.15) is 5.75 Å². The molecule has 3 nitrogen and oxygen atoms in total. The highest BCUT2D eigenvalue weighted by molar-refractivity contribution is 8.01. The van der Waals surface area contributed by atoms with E-state index in [2.05, 4.69) is 11.4 Å². The summed E-state index contributed by atoms with van der Waals surface area (Å²) in [5, 5.41) is 3.06. The van der Waals surface area contributed by atoms with Gasteiger partial charge in [-0.05, 0) is 25.0 Å². The van der Waals surface area contributed by atoms with Crippen molar-refractivity contribution in [2.75, 3.05) is 12.4 Å². The Bertz CT molecular complexity index is 481. The zero-order valence-electron chi connectivity index (χ0n) is 10.5. The molecule has 1 aromatic rings. The molecule has 0 unspecified atom stereocenters. The van der Waals surface area contributed by atoms with E-state index in [0.29, 0.717) is 0 Å². The maximum atomic E-state index is 12.4. The summed E-state index contributed by atoms with van der Waals surface area (Å²) in [6, 6.07) is 5.94. The first kappa shape index (κ1) is 11.9. The number of carbonyl (C=O) groups is 1. The Labute approximate surface area is 111 Å². The van der Waals surface area contributed by atoms with E-state index in [-0.39, 0.29) is 10.7 Å². The summed E-state index contributed by atoms with van der Waals surface area (Å²) in [6.07, 6.45) is 5.53. The van der Waals surface area contributed by atoms with Gasteiger partial charge in [0.15, 0.2) is 0 Å². The Morgan fingerprint density at radius 3 is 2.78 bits per heavy atom. The third-order valence-electron chi connectivity index (χ3n) is 3.83. The zero-order valence-corrected chi connectivity index (χ0v) is 11.3. The molecule has 1 spiro atoms. The van der Waals surface area contributed by atoms with Crippen molar-refractivity contribution in [3.05, 3.63) is 18.2 Å². The third kappa shape index (κ3) is 1.79. The molecule has 1 aliphatic carbocycles. The van der Waals surface area contributed by atoms with Crippen molar-refractivity contribution in [1.29, 1.82) is 0 Å². The summed E-state index contributed by atoms with van der Waals surface area (Å²) in [5.74, 6) is 0.906. The van der Waals surface area contributed by atoms with Crippen molar-refractivity contribution < 1.29 is 9.53 Å². The van der Waals surface area contributed by atoms with Crippen LogP contribution < -0.4 is 10.1 Å². The van der Waals surface area contributed by atoms with Gasteiger partial charge in [-0.2, -0.15) is 0 Å². The number of thioether (sulfide) groups is 1. The van der Waals surface area contributed by atoms with E-state index in [1.807, 2.05) is 12.1 Å². The molecular weight excluding hydrogens is 246 g/mol. The number of fused-ring (bicyclic) bond motifs is 1. The van der Waals surface area contributed by atoms with E-state index in [9.17, 15) is 4.79 Å². The topological polar surface area (TPSA) is 38.3 Å². The fraction of sp³-hybridized carbons (Fsp3) is 0.500. The van der Waals surface area contributed by atoms with Gasteiger partial charge in [0.25, 0.3) is 0 Å². The van der Waals surface area contributed by atoms with Crippen LogP contribution in [-0.4, -0.2) is 17.8 Å². The minimum Gasteiger partial charge on any atom is -0.495 e. The van der Waals surface area contributed by atoms with Gasteiger partial charge in [0.05, 0.1) is 17.5 Å². The van der Waals surface area contributed by atoms with Gasteiger partial charge in [-0.15, -0.1) is 11.8 Å². The number of anilines is 1. The zero-order chi connectivity index (χ0) is 12.6. The van der Waals surface area contributed by atoms with Gasteiger partial charge < -0.3 is 10.1 Å². The number of para-hydroxylation sites is 1. The molecule has 96 valence electrons. The fourth-order valence-corrected chi connectivity index (χ4v) is 4.28. The Balaban J connectivity index is 1.99. The monoisotopic (exact) mass is 263 g/mol. The summed E-state index contributed by atoms with van der Waals surface area (Å²) in [7, 11) is 1.64. The van der Waals surface area contributed by atoms with Gasteiger partial charge in [0, 0.05) is 4.90 Å². The van der Waals surface area contributed by atoms with Crippen molar-refractivity contribution in [2.45, 2.75) is 41.7 Å². The maximum absolute atomic E-state index is 12.4. The van der Waals surface area contributed by atoms with E-state index in [1.54, 1.807) is 18.9 Å². The minimum absolute atomic E-state index is 0.157. The number of benzene rings is 1. The van der Waals surface area contributed by atoms with Crippen LogP contribution in [0.4, 0.5) is 5.69 Å². The Morgan fingerprint density at radius 2 is 2.06 bits per heavy atom. The molecule has 2 aliphatic rings. The number of hydrogen-bond donors (Lipinski definition) is 1. The highest BCUT2D eigenvalue weighted by Crippen LogP contribution is 2.51. The van der Waals surface area contributed by atoms with E-state index < -0.39 is 0 Å². The van der Waals surface area contributed by atoms with Crippen LogP contribution in [0.3, 0.4) is 0 Å². The number of rotatable bonds is 1. The quantitative estimate of drug-likeness (QED) is 0.843. The number of carbonyl (C=O) groups excluding carboxylic acids is 1. The van der Waals surface area contributed by atoms with Crippen molar-refractivity contribution in [3.8, 4) is 5.75 Å². The molecule has 18 heavy (non-hydrogen) atoms. The second kappa shape index (κ2) is 4.50. The predicted octanol–water partition coefficient (Wildman–Crippen LogP) is 3.44. The average Bonchev–Trinajstić information content (AvgIpc) is 2.41. The van der Waals surface area contributed by atoms with Crippen LogP contribution in [0.5, 0.6) is 5.75 Å². The van der Waals surface area contributed by atoms with Crippen LogP contribution in [0.1, 0.15) is 32.1 Å². The van der Waals surface area contributed by atoms with Gasteiger partial charge in [-0.25, -0.2) is 0 Å². The van der Waals surface area contributed by atoms with E-state index in [4.69, 9.17) is 4.74 Å². The van der Waals surface area contributed by atoms with E-state index in [0.717, 1.165) is 42.0 Å². The second-order valence-electron chi connectivity index (χ2n) is 4.94. The van der Waals surface area contributed by atoms with E-state index >= 15 is 0 Å². The molecule has 1 N–H and O–H groups in total. The predicted molar refractivity (Wildman–Crippen MR) is 73.3 cm³/mol. The molecule has 1 aliphatic heterocycles. The van der Waals surface area contributed by atoms with Gasteiger partial charge in [0.2, 0.25) is 5.91 Å². The molecule has 0 saturated heterocycles. The first-order valence-electron chi connectivity index (χ1n) is 6.43. The summed E-state index contributed by atoms with van der Waals surface area (Å²) >= 11 is 1.73. The summed E-state index contributed by atoms with van der Waals surface area (Å²) < 4.78 is 5.07. The lowest BCUT2D eigenvalue weighted by Gasteiger charge is -2.39. The van der Waals surface area contributed by atoms with Gasteiger partial charge in [-0.1, -0.05) is 25.3 Å². The first-order valence-corrected chi connectivity index (χ1v) is 7.24. The normalized spacial score (nSPS) is 21.3. The van der Waals surface area contributed by atoms with Crippen molar-refractivity contribution in [1.82, 2.24) is 0 Å². The maximum Gasteiger partial charge on any atom is 0.241 e. The summed E-state index contributed by atoms with van der Waals surface area (Å²) in [5.41, 5.74) is 0.839. The van der Waals surface area contributed by atoms with Gasteiger partial charge in [-0.3, -0.25) is 4.79 Å². The molecule has 0 aromatic heterocycles. The van der Waals surface area contributed by atoms with E-state index in [1.165, 1.54) is 6.42 Å². The van der Waals surface area contributed by atoms with Crippen LogP contribution in [0.15, 0.2) is 23.1 Å². The van der Waals surface area contributed by atoms with Crippen molar-refractivity contribution in [3.63, 3.8) is 0 Å². The average molecular weight is 263 g/mol. The van der Waals surface area contributed by atoms with Crippen LogP contribution >= 0.6 is 11.8 Å². The molecule has 1 heterocycles. The van der Waals surface area contributed by atoms with Crippen molar-refractivity contribution >= 4 is 23.4 Å². The number of methoxy groups -OCH3 is 1. The molecule has 0 radical (unpaired) electrons. The number of hydrogen-bond acceptors (Lipinski definition) is 3. The Kier molecular flexibility index (Phi) is 2.98. The summed E-state index contributed by atoms with van der Waals surface area (Å²) in [6.45, 7) is 0. The Hall–Kier alpha value is -1.16. The highest BCUT2D eigenvalue weighted by atomic mass is 32.2. The smallest absolute Gasteiger partial charge is 0.241 e. The molecule has 0 bridgehead atoms. The van der Waals surface area contributed by atoms with Gasteiger partial charge >= 0.3 is 0 Å². The molecular formula is C14H17NO2S. The van der Waals surface area contributed by atoms with Crippen LogP contribution in [-0.2, 0) is 4.79 Å². The van der Waals surface area contributed by atoms with Crippen molar-refractivity contribution in [2.24, 2.45) is 0 Å². The standard InChI is InChI=1S/C14H17NO2S/c1-17-10-6-5-7-11-12(10)15-13(16)14(18-11)8-3-2-4-9-14/h5-7H,2-4,8-9H2,1H3,(H,15,16). The molecule has 1 fully saturated rings. The lowest BCUT2D eigenvalue weighted by atomic mass is 9.87. The summed E-state index contributed by atoms with van der Waals surface area (Å²) in [4.78, 5) is 13.5. The molecule has 4 heteroatoms. The number of amides is 1. The largest absolute Gasteiger partial charge is 0.495 e. The second-order valence-corrected chi connectivity index (χ2v) is 6.37. The van der Waals surface area contributed by atoms with Crippen LogP contribution in [0.2, 0.25) is 0 Å². The molecule has 1 saturated carbocycles. The lowest BCUT2D eigenvalue weighted by Crippen LogP contribution is -2.44. The van der Waals surface area contributed by atoms with Crippen LogP contribution in [0, 0.1) is 0 Å². The SMILES string of the molecule is COc1cccc2c1NC(=O)C1(CCCCC1)S2. The number of nitrogens with one attached hydrogen (secondary N) is 1.